The zero-order chi connectivity index (χ0) is 15.7. The number of carboxylic acids is 1. The zero-order valence-electron chi connectivity index (χ0n) is 13.1. The lowest BCUT2D eigenvalue weighted by Crippen LogP contribution is -2.07. The highest BCUT2D eigenvalue weighted by Crippen LogP contribution is 2.32. The second kappa shape index (κ2) is 5.90. The molecule has 2 rings (SSSR count). The normalized spacial score (nSPS) is 11.5. The Labute approximate surface area is 125 Å². The number of hydrogen-bond acceptors (Lipinski definition) is 2. The van der Waals surface area contributed by atoms with Gasteiger partial charge >= 0.3 is 5.97 Å². The molecule has 0 saturated carbocycles. The molecule has 21 heavy (non-hydrogen) atoms. The van der Waals surface area contributed by atoms with Crippen LogP contribution in [0.4, 0.5) is 0 Å². The summed E-state index contributed by atoms with van der Waals surface area (Å²) in [4.78, 5) is 11.7. The minimum absolute atomic E-state index is 0.102. The molecular weight excluding hydrogens is 266 g/mol. The van der Waals surface area contributed by atoms with Crippen molar-refractivity contribution in [1.29, 1.82) is 0 Å². The molecule has 0 radical (unpaired) electrons. The van der Waals surface area contributed by atoms with Gasteiger partial charge in [0.1, 0.15) is 0 Å². The Morgan fingerprint density at radius 1 is 1.29 bits per heavy atom. The first-order valence-corrected chi connectivity index (χ1v) is 7.36. The number of carbonyl (C=O) groups is 1. The van der Waals surface area contributed by atoms with Gasteiger partial charge in [0.25, 0.3) is 0 Å². The topological polar surface area (TPSA) is 62.5 Å². The summed E-state index contributed by atoms with van der Waals surface area (Å²) in [5, 5.41) is 19.6. The van der Waals surface area contributed by atoms with Crippen molar-refractivity contribution >= 4 is 16.9 Å². The molecule has 1 heterocycles. The summed E-state index contributed by atoms with van der Waals surface area (Å²) in [6.07, 6.45) is 0.620. The van der Waals surface area contributed by atoms with Gasteiger partial charge in [0.15, 0.2) is 0 Å². The molecule has 0 spiro atoms. The summed E-state index contributed by atoms with van der Waals surface area (Å²) in [7, 11) is 0. The molecule has 0 aliphatic heterocycles. The molecule has 0 bridgehead atoms. The first-order chi connectivity index (χ1) is 9.88. The summed E-state index contributed by atoms with van der Waals surface area (Å²) in [5.74, 6) is -0.613. The highest BCUT2D eigenvalue weighted by atomic mass is 16.4. The number of benzene rings is 1. The van der Waals surface area contributed by atoms with Crippen LogP contribution in [0.5, 0.6) is 0 Å². The number of aliphatic hydroxyl groups is 1. The molecule has 0 atom stereocenters. The summed E-state index contributed by atoms with van der Waals surface area (Å²) >= 11 is 0. The summed E-state index contributed by atoms with van der Waals surface area (Å²) in [6, 6.07) is 3.88. The molecule has 1 aromatic heterocycles. The Bertz CT molecular complexity index is 683. The van der Waals surface area contributed by atoms with Crippen molar-refractivity contribution in [2.24, 2.45) is 0 Å². The van der Waals surface area contributed by atoms with Gasteiger partial charge < -0.3 is 14.8 Å². The number of hydrogen-bond donors (Lipinski definition) is 2. The maximum atomic E-state index is 11.7. The Balaban J connectivity index is 2.81. The largest absolute Gasteiger partial charge is 0.478 e. The van der Waals surface area contributed by atoms with Crippen LogP contribution < -0.4 is 0 Å². The molecule has 0 amide bonds. The van der Waals surface area contributed by atoms with Gasteiger partial charge in [-0.3, -0.25) is 0 Å². The van der Waals surface area contributed by atoms with Crippen molar-refractivity contribution in [3.05, 3.63) is 34.5 Å². The van der Waals surface area contributed by atoms with Crippen LogP contribution in [0.3, 0.4) is 0 Å². The van der Waals surface area contributed by atoms with E-state index in [1.165, 1.54) is 0 Å². The van der Waals surface area contributed by atoms with Crippen LogP contribution >= 0.6 is 0 Å². The first-order valence-electron chi connectivity index (χ1n) is 7.36. The number of nitrogens with zero attached hydrogens (tertiary/aromatic N) is 1. The van der Waals surface area contributed by atoms with Gasteiger partial charge in [0, 0.05) is 24.2 Å². The highest BCUT2D eigenvalue weighted by Gasteiger charge is 2.19. The molecule has 4 heteroatoms. The molecule has 1 aromatic carbocycles. The standard InChI is InChI=1S/C17H23NO3/c1-10(2)13-8-14-11(3)12(4)18(6-5-7-19)16(14)15(9-13)17(20)21/h8-10,19H,5-7H2,1-4H3,(H,20,21). The van der Waals surface area contributed by atoms with E-state index >= 15 is 0 Å². The zero-order valence-corrected chi connectivity index (χ0v) is 13.1. The van der Waals surface area contributed by atoms with E-state index in [2.05, 4.69) is 19.9 Å². The van der Waals surface area contributed by atoms with Gasteiger partial charge in [0.05, 0.1) is 11.1 Å². The van der Waals surface area contributed by atoms with Gasteiger partial charge in [-0.15, -0.1) is 0 Å². The third-order valence-corrected chi connectivity index (χ3v) is 4.19. The van der Waals surface area contributed by atoms with Crippen molar-refractivity contribution in [3.8, 4) is 0 Å². The van der Waals surface area contributed by atoms with E-state index in [0.29, 0.717) is 18.5 Å². The Morgan fingerprint density at radius 2 is 1.95 bits per heavy atom. The summed E-state index contributed by atoms with van der Waals surface area (Å²) < 4.78 is 2.02. The van der Waals surface area contributed by atoms with E-state index in [4.69, 9.17) is 5.11 Å². The third-order valence-electron chi connectivity index (χ3n) is 4.19. The first kappa shape index (κ1) is 15.6. The quantitative estimate of drug-likeness (QED) is 0.886. The molecule has 0 unspecified atom stereocenters. The fourth-order valence-electron chi connectivity index (χ4n) is 2.80. The Hall–Kier alpha value is -1.81. The molecular formula is C17H23NO3. The van der Waals surface area contributed by atoms with Gasteiger partial charge in [-0.25, -0.2) is 4.79 Å². The second-order valence-electron chi connectivity index (χ2n) is 5.86. The second-order valence-corrected chi connectivity index (χ2v) is 5.86. The minimum atomic E-state index is -0.898. The molecule has 0 saturated heterocycles. The fourth-order valence-corrected chi connectivity index (χ4v) is 2.80. The highest BCUT2D eigenvalue weighted by molar-refractivity contribution is 6.04. The summed E-state index contributed by atoms with van der Waals surface area (Å²) in [5.41, 5.74) is 4.36. The van der Waals surface area contributed by atoms with Gasteiger partial charge in [-0.05, 0) is 49.4 Å². The van der Waals surface area contributed by atoms with Crippen LogP contribution in [0.1, 0.15) is 53.4 Å². The third kappa shape index (κ3) is 2.68. The minimum Gasteiger partial charge on any atom is -0.478 e. The molecule has 114 valence electrons. The predicted octanol–water partition coefficient (Wildman–Crippen LogP) is 3.46. The lowest BCUT2D eigenvalue weighted by atomic mass is 9.97. The van der Waals surface area contributed by atoms with E-state index in [1.807, 2.05) is 18.4 Å². The number of rotatable bonds is 5. The van der Waals surface area contributed by atoms with Crippen molar-refractivity contribution < 1.29 is 15.0 Å². The molecule has 4 nitrogen and oxygen atoms in total. The van der Waals surface area contributed by atoms with Crippen molar-refractivity contribution in [2.45, 2.75) is 46.6 Å². The van der Waals surface area contributed by atoms with Gasteiger partial charge in [-0.2, -0.15) is 0 Å². The van der Waals surface area contributed by atoms with E-state index in [-0.39, 0.29) is 12.5 Å². The summed E-state index contributed by atoms with van der Waals surface area (Å²) in [6.45, 7) is 8.91. The average Bonchev–Trinajstić information content (AvgIpc) is 2.68. The van der Waals surface area contributed by atoms with E-state index in [1.54, 1.807) is 6.07 Å². The number of aromatic carboxylic acids is 1. The fraction of sp³-hybridized carbons (Fsp3) is 0.471. The van der Waals surface area contributed by atoms with E-state index in [0.717, 1.165) is 27.7 Å². The van der Waals surface area contributed by atoms with Crippen LogP contribution in [0.25, 0.3) is 10.9 Å². The lowest BCUT2D eigenvalue weighted by Gasteiger charge is -2.12. The maximum absolute atomic E-state index is 11.7. The van der Waals surface area contributed by atoms with Crippen LogP contribution in [0, 0.1) is 13.8 Å². The number of aryl methyl sites for hydroxylation is 2. The van der Waals surface area contributed by atoms with Gasteiger partial charge in [0.2, 0.25) is 0 Å². The smallest absolute Gasteiger partial charge is 0.337 e. The average molecular weight is 289 g/mol. The van der Waals surface area contributed by atoms with Crippen molar-refractivity contribution in [3.63, 3.8) is 0 Å². The van der Waals surface area contributed by atoms with Crippen molar-refractivity contribution in [1.82, 2.24) is 4.57 Å². The number of carboxylic acid groups (broad SMARTS) is 1. The maximum Gasteiger partial charge on any atom is 0.337 e. The monoisotopic (exact) mass is 289 g/mol. The molecule has 0 fully saturated rings. The lowest BCUT2D eigenvalue weighted by molar-refractivity contribution is 0.0698. The van der Waals surface area contributed by atoms with Gasteiger partial charge in [-0.1, -0.05) is 13.8 Å². The molecule has 2 aromatic rings. The number of aromatic nitrogens is 1. The van der Waals surface area contributed by atoms with Crippen LogP contribution in [-0.4, -0.2) is 27.4 Å². The van der Waals surface area contributed by atoms with E-state index < -0.39 is 5.97 Å². The van der Waals surface area contributed by atoms with Crippen LogP contribution in [-0.2, 0) is 6.54 Å². The Kier molecular flexibility index (Phi) is 4.37. The van der Waals surface area contributed by atoms with Crippen LogP contribution in [0.15, 0.2) is 12.1 Å². The predicted molar refractivity (Wildman–Crippen MR) is 84.2 cm³/mol. The van der Waals surface area contributed by atoms with Crippen LogP contribution in [0.2, 0.25) is 0 Å². The molecule has 0 aliphatic carbocycles. The molecule has 0 aliphatic rings. The van der Waals surface area contributed by atoms with E-state index in [9.17, 15) is 9.90 Å². The SMILES string of the molecule is Cc1c(C)n(CCCO)c2c(C(=O)O)cc(C(C)C)cc12. The Morgan fingerprint density at radius 3 is 2.48 bits per heavy atom. The molecule has 2 N–H and O–H groups in total. The number of aliphatic hydroxyl groups excluding tert-OH is 1. The number of fused-ring (bicyclic) bond motifs is 1. The van der Waals surface area contributed by atoms with Crippen molar-refractivity contribution in [2.75, 3.05) is 6.61 Å².